The van der Waals surface area contributed by atoms with Crippen LogP contribution < -0.4 is 5.32 Å². The summed E-state index contributed by atoms with van der Waals surface area (Å²) in [5, 5.41) is 14.4. The van der Waals surface area contributed by atoms with Crippen molar-refractivity contribution in [2.45, 2.75) is 31.3 Å². The first-order valence-corrected chi connectivity index (χ1v) is 13.1. The molecule has 2 fully saturated rings. The predicted octanol–water partition coefficient (Wildman–Crippen LogP) is 5.03. The van der Waals surface area contributed by atoms with Crippen LogP contribution in [0.4, 0.5) is 11.4 Å². The van der Waals surface area contributed by atoms with Crippen LogP contribution in [0.5, 0.6) is 0 Å². The van der Waals surface area contributed by atoms with Gasteiger partial charge in [-0.2, -0.15) is 0 Å². The number of amides is 1. The number of rotatable bonds is 4. The van der Waals surface area contributed by atoms with Crippen LogP contribution in [0, 0.1) is 29.9 Å². The van der Waals surface area contributed by atoms with Gasteiger partial charge in [0.25, 0.3) is 5.69 Å². The minimum absolute atomic E-state index is 0.00473. The van der Waals surface area contributed by atoms with Crippen molar-refractivity contribution in [3.63, 3.8) is 0 Å². The van der Waals surface area contributed by atoms with E-state index in [9.17, 15) is 19.7 Å². The van der Waals surface area contributed by atoms with E-state index in [1.807, 2.05) is 56.3 Å². The summed E-state index contributed by atoms with van der Waals surface area (Å²) in [7, 11) is 0. The van der Waals surface area contributed by atoms with Crippen LogP contribution in [-0.4, -0.2) is 39.2 Å². The average Bonchev–Trinajstić information content (AvgIpc) is 3.52. The highest BCUT2D eigenvalue weighted by Crippen LogP contribution is 2.61. The zero-order valence-corrected chi connectivity index (χ0v) is 20.7. The fourth-order valence-electron chi connectivity index (χ4n) is 6.28. The second-order valence-electron chi connectivity index (χ2n) is 9.89. The van der Waals surface area contributed by atoms with Crippen molar-refractivity contribution in [2.24, 2.45) is 5.92 Å². The molecule has 4 atom stereocenters. The van der Waals surface area contributed by atoms with E-state index in [4.69, 9.17) is 0 Å². The number of non-ortho nitro benzene ring substituents is 1. The van der Waals surface area contributed by atoms with Gasteiger partial charge < -0.3 is 5.32 Å². The lowest BCUT2D eigenvalue weighted by Gasteiger charge is -2.36. The number of hydrogen-bond donors (Lipinski definition) is 1. The Bertz CT molecular complexity index is 1410. The Morgan fingerprint density at radius 2 is 1.75 bits per heavy atom. The maximum absolute atomic E-state index is 14.4. The normalized spacial score (nSPS) is 26.6. The van der Waals surface area contributed by atoms with E-state index in [2.05, 4.69) is 10.2 Å². The molecule has 0 unspecified atom stereocenters. The third kappa shape index (κ3) is 3.17. The van der Waals surface area contributed by atoms with Gasteiger partial charge >= 0.3 is 0 Å². The monoisotopic (exact) mass is 499 g/mol. The maximum Gasteiger partial charge on any atom is 0.269 e. The molecule has 1 spiro atoms. The summed E-state index contributed by atoms with van der Waals surface area (Å²) in [5.74, 6) is 0.164. The second-order valence-corrected chi connectivity index (χ2v) is 10.9. The third-order valence-electron chi connectivity index (χ3n) is 7.88. The fourth-order valence-corrected chi connectivity index (χ4v) is 7.60. The van der Waals surface area contributed by atoms with Crippen LogP contribution in [-0.2, 0) is 10.3 Å². The highest BCUT2D eigenvalue weighted by molar-refractivity contribution is 7.99. The molecule has 182 valence electrons. The molecule has 6 rings (SSSR count). The molecule has 3 aliphatic rings. The largest absolute Gasteiger partial charge is 0.324 e. The van der Waals surface area contributed by atoms with Gasteiger partial charge in [-0.3, -0.25) is 24.6 Å². The molecule has 36 heavy (non-hydrogen) atoms. The molecule has 3 heterocycles. The number of nitro groups is 1. The lowest BCUT2D eigenvalue weighted by atomic mass is 9.69. The van der Waals surface area contributed by atoms with Gasteiger partial charge in [0.15, 0.2) is 5.78 Å². The smallest absolute Gasteiger partial charge is 0.269 e. The van der Waals surface area contributed by atoms with Gasteiger partial charge in [-0.25, -0.2) is 0 Å². The number of Topliss-reactive ketones (excluding diaryl/α,β-unsaturated/α-hetero) is 1. The summed E-state index contributed by atoms with van der Waals surface area (Å²) in [6.45, 7) is 3.97. The van der Waals surface area contributed by atoms with Gasteiger partial charge in [0.05, 0.1) is 10.8 Å². The van der Waals surface area contributed by atoms with Crippen LogP contribution in [0.3, 0.4) is 0 Å². The summed E-state index contributed by atoms with van der Waals surface area (Å²) in [4.78, 5) is 41.5. The van der Waals surface area contributed by atoms with Gasteiger partial charge in [0.1, 0.15) is 5.54 Å². The summed E-state index contributed by atoms with van der Waals surface area (Å²) >= 11 is 1.75. The first-order valence-electron chi connectivity index (χ1n) is 11.9. The Hall–Kier alpha value is -3.49. The van der Waals surface area contributed by atoms with Gasteiger partial charge in [-0.15, -0.1) is 11.8 Å². The van der Waals surface area contributed by atoms with Crippen LogP contribution in [0.15, 0.2) is 66.7 Å². The summed E-state index contributed by atoms with van der Waals surface area (Å²) in [6, 6.07) is 19.8. The van der Waals surface area contributed by atoms with Gasteiger partial charge in [-0.05, 0) is 25.5 Å². The Morgan fingerprint density at radius 3 is 2.44 bits per heavy atom. The molecule has 0 saturated carbocycles. The third-order valence-corrected chi connectivity index (χ3v) is 8.92. The molecule has 0 bridgehead atoms. The highest BCUT2D eigenvalue weighted by atomic mass is 32.2. The molecule has 0 aromatic heterocycles. The van der Waals surface area contributed by atoms with Crippen LogP contribution in [0.2, 0.25) is 0 Å². The van der Waals surface area contributed by atoms with Crippen molar-refractivity contribution >= 4 is 34.8 Å². The standard InChI is InChI=1S/C28H25N3O4S/c1-16-3-6-19(7-4-16)26(32)25-24(18-8-10-20(11-9-18)31(34)35)23-14-36-15-30(23)28(25)21-13-17(2)5-12-22(21)29-27(28)33/h3-13,23-25H,14-15H2,1-2H3,(H,29,33)/t23-,24+,25-,28-/m1/s1. The molecular weight excluding hydrogens is 474 g/mol. The lowest BCUT2D eigenvalue weighted by molar-refractivity contribution is -0.384. The first kappa shape index (κ1) is 22.9. The molecule has 3 aromatic carbocycles. The number of aryl methyl sites for hydroxylation is 2. The van der Waals surface area contributed by atoms with E-state index in [0.717, 1.165) is 33.7 Å². The molecule has 0 radical (unpaired) electrons. The predicted molar refractivity (Wildman–Crippen MR) is 139 cm³/mol. The Labute approximate surface area is 213 Å². The molecule has 7 nitrogen and oxygen atoms in total. The van der Waals surface area contributed by atoms with E-state index in [-0.39, 0.29) is 29.3 Å². The lowest BCUT2D eigenvalue weighted by Crippen LogP contribution is -2.52. The summed E-state index contributed by atoms with van der Waals surface area (Å²) in [5.41, 5.74) is 3.93. The highest BCUT2D eigenvalue weighted by Gasteiger charge is 2.69. The zero-order valence-electron chi connectivity index (χ0n) is 19.9. The van der Waals surface area contributed by atoms with Gasteiger partial charge in [-0.1, -0.05) is 59.7 Å². The van der Waals surface area contributed by atoms with Crippen molar-refractivity contribution in [3.05, 3.63) is 105 Å². The van der Waals surface area contributed by atoms with E-state index in [1.54, 1.807) is 23.9 Å². The van der Waals surface area contributed by atoms with Crippen molar-refractivity contribution in [3.8, 4) is 0 Å². The summed E-state index contributed by atoms with van der Waals surface area (Å²) in [6.07, 6.45) is 0. The molecule has 0 aliphatic carbocycles. The minimum Gasteiger partial charge on any atom is -0.324 e. The van der Waals surface area contributed by atoms with Gasteiger partial charge in [0.2, 0.25) is 5.91 Å². The van der Waals surface area contributed by atoms with E-state index < -0.39 is 16.4 Å². The number of fused-ring (bicyclic) bond motifs is 4. The van der Waals surface area contributed by atoms with E-state index >= 15 is 0 Å². The Kier molecular flexibility index (Phi) is 5.28. The molecule has 2 saturated heterocycles. The Morgan fingerprint density at radius 1 is 1.06 bits per heavy atom. The molecular formula is C28H25N3O4S. The SMILES string of the molecule is Cc1ccc(C(=O)[C@H]2[C@@H](c3ccc([N+](=O)[O-])cc3)[C@H]3CSCN3[C@@]23C(=O)Nc2ccc(C)cc23)cc1. The molecule has 1 N–H and O–H groups in total. The molecule has 8 heteroatoms. The molecule has 3 aliphatic heterocycles. The van der Waals surface area contributed by atoms with Crippen LogP contribution >= 0.6 is 11.8 Å². The number of carbonyl (C=O) groups excluding carboxylic acids is 2. The van der Waals surface area contributed by atoms with E-state index in [0.29, 0.717) is 11.4 Å². The number of benzene rings is 3. The number of hydrogen-bond acceptors (Lipinski definition) is 6. The number of nitrogens with zero attached hydrogens (tertiary/aromatic N) is 2. The maximum atomic E-state index is 14.4. The average molecular weight is 500 g/mol. The number of carbonyl (C=O) groups is 2. The number of nitrogens with one attached hydrogen (secondary N) is 1. The minimum atomic E-state index is -1.15. The topological polar surface area (TPSA) is 92.5 Å². The molecule has 3 aromatic rings. The van der Waals surface area contributed by atoms with Crippen molar-refractivity contribution < 1.29 is 14.5 Å². The zero-order chi connectivity index (χ0) is 25.2. The van der Waals surface area contributed by atoms with Gasteiger partial charge in [0, 0.05) is 52.5 Å². The number of nitro benzene ring substituents is 1. The molecule has 1 amide bonds. The number of anilines is 1. The van der Waals surface area contributed by atoms with Crippen molar-refractivity contribution in [1.29, 1.82) is 0 Å². The first-order chi connectivity index (χ1) is 17.3. The number of ketones is 1. The number of thioether (sulfide) groups is 1. The Balaban J connectivity index is 1.59. The fraction of sp³-hybridized carbons (Fsp3) is 0.286. The second kappa shape index (κ2) is 8.28. The quantitative estimate of drug-likeness (QED) is 0.308. The van der Waals surface area contributed by atoms with Crippen LogP contribution in [0.1, 0.15) is 38.5 Å². The summed E-state index contributed by atoms with van der Waals surface area (Å²) < 4.78 is 0. The van der Waals surface area contributed by atoms with Crippen molar-refractivity contribution in [1.82, 2.24) is 4.90 Å². The van der Waals surface area contributed by atoms with Crippen LogP contribution in [0.25, 0.3) is 0 Å². The van der Waals surface area contributed by atoms with Crippen molar-refractivity contribution in [2.75, 3.05) is 16.9 Å². The van der Waals surface area contributed by atoms with E-state index in [1.165, 1.54) is 12.1 Å².